The van der Waals surface area contributed by atoms with Crippen molar-refractivity contribution in [3.05, 3.63) is 30.0 Å². The molecule has 0 aliphatic rings. The number of fused-ring (bicyclic) bond motifs is 1. The van der Waals surface area contributed by atoms with Crippen LogP contribution in [0.2, 0.25) is 0 Å². The Kier molecular flexibility index (Phi) is 3.33. The van der Waals surface area contributed by atoms with Gasteiger partial charge in [-0.25, -0.2) is 0 Å². The van der Waals surface area contributed by atoms with E-state index in [4.69, 9.17) is 5.73 Å². The molecule has 0 spiro atoms. The molecule has 0 amide bonds. The molecule has 0 fully saturated rings. The number of nitrogens with one attached hydrogen (secondary N) is 1. The number of nitrogens with zero attached hydrogens (tertiary/aromatic N) is 2. The van der Waals surface area contributed by atoms with E-state index < -0.39 is 11.9 Å². The monoisotopic (exact) mass is 256 g/mol. The minimum absolute atomic E-state index is 0.0273. The van der Waals surface area contributed by atoms with Crippen molar-refractivity contribution < 1.29 is 13.2 Å². The predicted octanol–water partition coefficient (Wildman–Crippen LogP) is 2.02. The number of halogens is 3. The number of rotatable bonds is 3. The summed E-state index contributed by atoms with van der Waals surface area (Å²) in [6.07, 6.45) is -4.51. The van der Waals surface area contributed by atoms with Gasteiger partial charge in [0.15, 0.2) is 11.5 Å². The summed E-state index contributed by atoms with van der Waals surface area (Å²) in [6.45, 7) is 0.779. The number of benzene rings is 1. The largest absolute Gasteiger partial charge is 0.435 e. The average molecular weight is 256 g/mol. The predicted molar refractivity (Wildman–Crippen MR) is 62.1 cm³/mol. The molecule has 2 aromatic rings. The van der Waals surface area contributed by atoms with Crippen LogP contribution >= 0.6 is 0 Å². The zero-order chi connectivity index (χ0) is 13.2. The summed E-state index contributed by atoms with van der Waals surface area (Å²) in [5.41, 5.74) is 4.35. The average Bonchev–Trinajstić information content (AvgIpc) is 2.34. The minimum atomic E-state index is -4.51. The van der Waals surface area contributed by atoms with Gasteiger partial charge in [0.25, 0.3) is 0 Å². The van der Waals surface area contributed by atoms with E-state index in [1.807, 2.05) is 0 Å². The lowest BCUT2D eigenvalue weighted by atomic mass is 10.1. The van der Waals surface area contributed by atoms with Gasteiger partial charge in [0.1, 0.15) is 0 Å². The second kappa shape index (κ2) is 4.77. The van der Waals surface area contributed by atoms with Gasteiger partial charge in [0, 0.05) is 23.9 Å². The third-order valence-electron chi connectivity index (χ3n) is 2.39. The Morgan fingerprint density at radius 2 is 1.78 bits per heavy atom. The second-order valence-corrected chi connectivity index (χ2v) is 3.66. The van der Waals surface area contributed by atoms with Gasteiger partial charge in [-0.2, -0.15) is 13.2 Å². The van der Waals surface area contributed by atoms with Gasteiger partial charge in [-0.1, -0.05) is 24.3 Å². The zero-order valence-corrected chi connectivity index (χ0v) is 9.33. The van der Waals surface area contributed by atoms with Crippen molar-refractivity contribution in [1.82, 2.24) is 10.2 Å². The van der Waals surface area contributed by atoms with Gasteiger partial charge >= 0.3 is 6.18 Å². The molecule has 1 heterocycles. The van der Waals surface area contributed by atoms with Crippen LogP contribution in [0.4, 0.5) is 19.0 Å². The van der Waals surface area contributed by atoms with Gasteiger partial charge in [-0.15, -0.1) is 10.2 Å². The van der Waals surface area contributed by atoms with Crippen molar-refractivity contribution in [1.29, 1.82) is 0 Å². The number of hydrogen-bond donors (Lipinski definition) is 2. The molecule has 0 aliphatic heterocycles. The van der Waals surface area contributed by atoms with E-state index >= 15 is 0 Å². The SMILES string of the molecule is NCCNc1nnc(C(F)(F)F)c2ccccc12. The quantitative estimate of drug-likeness (QED) is 0.881. The summed E-state index contributed by atoms with van der Waals surface area (Å²) in [6, 6.07) is 6.13. The van der Waals surface area contributed by atoms with E-state index in [0.717, 1.165) is 0 Å². The number of nitrogens with two attached hydrogens (primary N) is 1. The molecule has 1 aromatic carbocycles. The highest BCUT2D eigenvalue weighted by Crippen LogP contribution is 2.34. The van der Waals surface area contributed by atoms with Crippen LogP contribution in [-0.4, -0.2) is 23.3 Å². The highest BCUT2D eigenvalue weighted by Gasteiger charge is 2.35. The van der Waals surface area contributed by atoms with Crippen LogP contribution in [0.5, 0.6) is 0 Å². The highest BCUT2D eigenvalue weighted by molar-refractivity contribution is 5.93. The van der Waals surface area contributed by atoms with E-state index in [0.29, 0.717) is 24.3 Å². The molecule has 0 unspecified atom stereocenters. The summed E-state index contributed by atoms with van der Waals surface area (Å²) in [7, 11) is 0. The van der Waals surface area contributed by atoms with Gasteiger partial charge in [-0.05, 0) is 0 Å². The fraction of sp³-hybridized carbons (Fsp3) is 0.273. The number of alkyl halides is 3. The van der Waals surface area contributed by atoms with Crippen LogP contribution < -0.4 is 11.1 Å². The Morgan fingerprint density at radius 3 is 2.39 bits per heavy atom. The molecular weight excluding hydrogens is 245 g/mol. The molecule has 18 heavy (non-hydrogen) atoms. The standard InChI is InChI=1S/C11H11F3N4/c12-11(13,14)9-7-3-1-2-4-8(7)10(18-17-9)16-6-5-15/h1-4H,5-6,15H2,(H,16,18). The molecule has 2 rings (SSSR count). The molecule has 0 bridgehead atoms. The second-order valence-electron chi connectivity index (χ2n) is 3.66. The Morgan fingerprint density at radius 1 is 1.11 bits per heavy atom. The van der Waals surface area contributed by atoms with Gasteiger partial charge in [-0.3, -0.25) is 0 Å². The number of aromatic nitrogens is 2. The summed E-state index contributed by atoms with van der Waals surface area (Å²) in [5.74, 6) is 0.309. The lowest BCUT2D eigenvalue weighted by molar-refractivity contribution is -0.140. The molecule has 0 aliphatic carbocycles. The lowest BCUT2D eigenvalue weighted by Gasteiger charge is -2.11. The van der Waals surface area contributed by atoms with Crippen molar-refractivity contribution >= 4 is 16.6 Å². The number of anilines is 1. The van der Waals surface area contributed by atoms with Crippen LogP contribution in [0.15, 0.2) is 24.3 Å². The van der Waals surface area contributed by atoms with E-state index in [1.165, 1.54) is 12.1 Å². The Labute approximate surface area is 101 Å². The van der Waals surface area contributed by atoms with Crippen LogP contribution in [0.25, 0.3) is 10.8 Å². The third kappa shape index (κ3) is 2.35. The normalized spacial score (nSPS) is 11.8. The van der Waals surface area contributed by atoms with Gasteiger partial charge in [0.2, 0.25) is 0 Å². The maximum absolute atomic E-state index is 12.8. The molecule has 0 saturated carbocycles. The maximum atomic E-state index is 12.8. The minimum Gasteiger partial charge on any atom is -0.367 e. The fourth-order valence-electron chi connectivity index (χ4n) is 1.63. The first-order valence-corrected chi connectivity index (χ1v) is 5.30. The van der Waals surface area contributed by atoms with Crippen LogP contribution in [-0.2, 0) is 6.18 Å². The Hall–Kier alpha value is -1.89. The van der Waals surface area contributed by atoms with Crippen LogP contribution in [0.3, 0.4) is 0 Å². The van der Waals surface area contributed by atoms with E-state index in [2.05, 4.69) is 15.5 Å². The Balaban J connectivity index is 2.59. The number of hydrogen-bond acceptors (Lipinski definition) is 4. The van der Waals surface area contributed by atoms with Gasteiger partial charge < -0.3 is 11.1 Å². The molecule has 3 N–H and O–H groups in total. The van der Waals surface area contributed by atoms with Gasteiger partial charge in [0.05, 0.1) is 0 Å². The lowest BCUT2D eigenvalue weighted by Crippen LogP contribution is -2.16. The van der Waals surface area contributed by atoms with E-state index in [-0.39, 0.29) is 5.39 Å². The maximum Gasteiger partial charge on any atom is 0.435 e. The summed E-state index contributed by atoms with van der Waals surface area (Å²) >= 11 is 0. The highest BCUT2D eigenvalue weighted by atomic mass is 19.4. The zero-order valence-electron chi connectivity index (χ0n) is 9.33. The summed E-state index contributed by atoms with van der Waals surface area (Å²) in [4.78, 5) is 0. The molecule has 4 nitrogen and oxygen atoms in total. The fourth-order valence-corrected chi connectivity index (χ4v) is 1.63. The van der Waals surface area contributed by atoms with Crippen molar-refractivity contribution in [2.24, 2.45) is 5.73 Å². The first-order chi connectivity index (χ1) is 8.54. The summed E-state index contributed by atoms with van der Waals surface area (Å²) < 4.78 is 38.3. The molecule has 7 heteroatoms. The smallest absolute Gasteiger partial charge is 0.367 e. The topological polar surface area (TPSA) is 63.8 Å². The molecule has 0 radical (unpaired) electrons. The Bertz CT molecular complexity index is 553. The van der Waals surface area contributed by atoms with E-state index in [1.54, 1.807) is 12.1 Å². The first kappa shape index (κ1) is 12.6. The van der Waals surface area contributed by atoms with Crippen molar-refractivity contribution in [2.75, 3.05) is 18.4 Å². The first-order valence-electron chi connectivity index (χ1n) is 5.30. The van der Waals surface area contributed by atoms with Crippen molar-refractivity contribution in [2.45, 2.75) is 6.18 Å². The van der Waals surface area contributed by atoms with Crippen LogP contribution in [0.1, 0.15) is 5.69 Å². The molecule has 0 saturated heterocycles. The molecule has 1 aromatic heterocycles. The van der Waals surface area contributed by atoms with E-state index in [9.17, 15) is 13.2 Å². The van der Waals surface area contributed by atoms with Crippen molar-refractivity contribution in [3.63, 3.8) is 0 Å². The molecule has 0 atom stereocenters. The van der Waals surface area contributed by atoms with Crippen molar-refractivity contribution in [3.8, 4) is 0 Å². The molecule has 96 valence electrons. The summed E-state index contributed by atoms with van der Waals surface area (Å²) in [5, 5.41) is 10.1. The van der Waals surface area contributed by atoms with Crippen LogP contribution in [0, 0.1) is 0 Å². The third-order valence-corrected chi connectivity index (χ3v) is 2.39. The molecular formula is C11H11F3N4.